The van der Waals surface area contributed by atoms with E-state index in [9.17, 15) is 4.79 Å². The molecule has 2 N–H and O–H groups in total. The molecule has 1 heterocycles. The van der Waals surface area contributed by atoms with E-state index in [2.05, 4.69) is 48.4 Å². The molecule has 0 bridgehead atoms. The van der Waals surface area contributed by atoms with Crippen molar-refractivity contribution in [3.8, 4) is 0 Å². The Bertz CT molecular complexity index is 872. The van der Waals surface area contributed by atoms with Crippen LogP contribution in [0.2, 0.25) is 0 Å². The molecule has 0 aliphatic rings. The number of hydrogen-bond donors (Lipinski definition) is 2. The van der Waals surface area contributed by atoms with Gasteiger partial charge in [-0.1, -0.05) is 56.3 Å². The first kappa shape index (κ1) is 17.0. The van der Waals surface area contributed by atoms with Crippen LogP contribution in [0.4, 0.5) is 0 Å². The van der Waals surface area contributed by atoms with Crippen LogP contribution in [0.15, 0.2) is 60.8 Å². The van der Waals surface area contributed by atoms with E-state index in [0.717, 1.165) is 17.5 Å². The molecule has 3 nitrogen and oxygen atoms in total. The largest absolute Gasteiger partial charge is 0.361 e. The molecule has 1 amide bonds. The van der Waals surface area contributed by atoms with E-state index in [1.165, 1.54) is 16.5 Å². The van der Waals surface area contributed by atoms with Crippen LogP contribution in [0, 0.1) is 0 Å². The van der Waals surface area contributed by atoms with Crippen LogP contribution in [0.5, 0.6) is 0 Å². The molecule has 0 aliphatic heterocycles. The molecule has 3 aromatic rings. The van der Waals surface area contributed by atoms with Gasteiger partial charge >= 0.3 is 0 Å². The maximum absolute atomic E-state index is 12.0. The number of carbonyl (C=O) groups is 1. The second kappa shape index (κ2) is 7.84. The Kier molecular flexibility index (Phi) is 5.34. The SMILES string of the molecule is CC(C)c1ccc(/C=C/C(=O)NCCc2c[nH]c3ccccc23)cc1. The third-order valence-corrected chi connectivity index (χ3v) is 4.40. The number of aromatic amines is 1. The fourth-order valence-corrected chi connectivity index (χ4v) is 2.88. The summed E-state index contributed by atoms with van der Waals surface area (Å²) in [6.45, 7) is 4.97. The molecule has 2 aromatic carbocycles. The van der Waals surface area contributed by atoms with E-state index in [1.807, 2.05) is 36.5 Å². The summed E-state index contributed by atoms with van der Waals surface area (Å²) in [6, 6.07) is 16.5. The van der Waals surface area contributed by atoms with Crippen LogP contribution in [0.25, 0.3) is 17.0 Å². The minimum Gasteiger partial charge on any atom is -0.361 e. The smallest absolute Gasteiger partial charge is 0.244 e. The Morgan fingerprint density at radius 2 is 1.88 bits per heavy atom. The molecule has 128 valence electrons. The Morgan fingerprint density at radius 3 is 2.64 bits per heavy atom. The van der Waals surface area contributed by atoms with Gasteiger partial charge in [0.15, 0.2) is 0 Å². The number of carbonyl (C=O) groups excluding carboxylic acids is 1. The van der Waals surface area contributed by atoms with Crippen LogP contribution in [0.1, 0.15) is 36.5 Å². The van der Waals surface area contributed by atoms with Gasteiger partial charge in [-0.3, -0.25) is 4.79 Å². The third-order valence-electron chi connectivity index (χ3n) is 4.40. The van der Waals surface area contributed by atoms with Crippen molar-refractivity contribution in [1.82, 2.24) is 10.3 Å². The molecule has 0 atom stereocenters. The van der Waals surface area contributed by atoms with Crippen molar-refractivity contribution in [2.24, 2.45) is 0 Å². The zero-order valence-electron chi connectivity index (χ0n) is 14.8. The third kappa shape index (κ3) is 4.38. The zero-order chi connectivity index (χ0) is 17.6. The monoisotopic (exact) mass is 332 g/mol. The van der Waals surface area contributed by atoms with Gasteiger partial charge < -0.3 is 10.3 Å². The number of fused-ring (bicyclic) bond motifs is 1. The summed E-state index contributed by atoms with van der Waals surface area (Å²) in [4.78, 5) is 15.2. The zero-order valence-corrected chi connectivity index (χ0v) is 14.8. The van der Waals surface area contributed by atoms with Crippen molar-refractivity contribution in [2.75, 3.05) is 6.54 Å². The summed E-state index contributed by atoms with van der Waals surface area (Å²) in [7, 11) is 0. The highest BCUT2D eigenvalue weighted by Crippen LogP contribution is 2.18. The van der Waals surface area contributed by atoms with Crippen LogP contribution in [-0.4, -0.2) is 17.4 Å². The van der Waals surface area contributed by atoms with Gasteiger partial charge in [-0.25, -0.2) is 0 Å². The first-order valence-electron chi connectivity index (χ1n) is 8.74. The van der Waals surface area contributed by atoms with Gasteiger partial charge in [-0.2, -0.15) is 0 Å². The van der Waals surface area contributed by atoms with E-state index < -0.39 is 0 Å². The number of benzene rings is 2. The highest BCUT2D eigenvalue weighted by Gasteiger charge is 2.03. The van der Waals surface area contributed by atoms with Crippen molar-refractivity contribution >= 4 is 22.9 Å². The number of rotatable bonds is 6. The van der Waals surface area contributed by atoms with Crippen LogP contribution < -0.4 is 5.32 Å². The molecule has 0 radical (unpaired) electrons. The number of amides is 1. The normalized spacial score (nSPS) is 11.5. The molecular weight excluding hydrogens is 308 g/mol. The number of aromatic nitrogens is 1. The highest BCUT2D eigenvalue weighted by atomic mass is 16.1. The minimum atomic E-state index is -0.0622. The fourth-order valence-electron chi connectivity index (χ4n) is 2.88. The van der Waals surface area contributed by atoms with Gasteiger partial charge in [0.2, 0.25) is 5.91 Å². The lowest BCUT2D eigenvalue weighted by Crippen LogP contribution is -2.23. The maximum Gasteiger partial charge on any atom is 0.244 e. The average Bonchev–Trinajstić information content (AvgIpc) is 3.04. The Hall–Kier alpha value is -2.81. The second-order valence-electron chi connectivity index (χ2n) is 6.56. The molecule has 0 fully saturated rings. The molecule has 3 heteroatoms. The summed E-state index contributed by atoms with van der Waals surface area (Å²) in [5, 5.41) is 4.17. The summed E-state index contributed by atoms with van der Waals surface area (Å²) in [5.41, 5.74) is 4.70. The van der Waals surface area contributed by atoms with E-state index in [-0.39, 0.29) is 5.91 Å². The van der Waals surface area contributed by atoms with E-state index in [1.54, 1.807) is 6.08 Å². The Morgan fingerprint density at radius 1 is 1.12 bits per heavy atom. The van der Waals surface area contributed by atoms with Crippen molar-refractivity contribution < 1.29 is 4.79 Å². The maximum atomic E-state index is 12.0. The number of nitrogens with one attached hydrogen (secondary N) is 2. The lowest BCUT2D eigenvalue weighted by molar-refractivity contribution is -0.116. The van der Waals surface area contributed by atoms with Crippen LogP contribution in [0.3, 0.4) is 0 Å². The molecule has 1 aromatic heterocycles. The highest BCUT2D eigenvalue weighted by molar-refractivity contribution is 5.91. The number of hydrogen-bond acceptors (Lipinski definition) is 1. The van der Waals surface area contributed by atoms with Gasteiger partial charge in [-0.05, 0) is 41.2 Å². The molecular formula is C22H24N2O. The molecule has 0 saturated heterocycles. The average molecular weight is 332 g/mol. The summed E-state index contributed by atoms with van der Waals surface area (Å²) < 4.78 is 0. The van der Waals surface area contributed by atoms with Gasteiger partial charge in [0.25, 0.3) is 0 Å². The van der Waals surface area contributed by atoms with Gasteiger partial charge in [0, 0.05) is 29.7 Å². The predicted octanol–water partition coefficient (Wildman–Crippen LogP) is 4.66. The van der Waals surface area contributed by atoms with Gasteiger partial charge in [-0.15, -0.1) is 0 Å². The van der Waals surface area contributed by atoms with Crippen molar-refractivity contribution in [3.63, 3.8) is 0 Å². The lowest BCUT2D eigenvalue weighted by Gasteiger charge is -2.05. The topological polar surface area (TPSA) is 44.9 Å². The van der Waals surface area contributed by atoms with E-state index in [4.69, 9.17) is 0 Å². The number of H-pyrrole nitrogens is 1. The molecule has 25 heavy (non-hydrogen) atoms. The van der Waals surface area contributed by atoms with Crippen LogP contribution >= 0.6 is 0 Å². The predicted molar refractivity (Wildman–Crippen MR) is 105 cm³/mol. The first-order valence-corrected chi connectivity index (χ1v) is 8.74. The molecule has 0 aliphatic carbocycles. The van der Waals surface area contributed by atoms with E-state index >= 15 is 0 Å². The van der Waals surface area contributed by atoms with Crippen molar-refractivity contribution in [2.45, 2.75) is 26.2 Å². The first-order chi connectivity index (χ1) is 12.1. The fraction of sp³-hybridized carbons (Fsp3) is 0.227. The molecule has 0 saturated carbocycles. The minimum absolute atomic E-state index is 0.0622. The number of para-hydroxylation sites is 1. The summed E-state index contributed by atoms with van der Waals surface area (Å²) in [6.07, 6.45) is 6.28. The second-order valence-corrected chi connectivity index (χ2v) is 6.56. The van der Waals surface area contributed by atoms with Gasteiger partial charge in [0.05, 0.1) is 0 Å². The quantitative estimate of drug-likeness (QED) is 0.633. The Balaban J connectivity index is 1.51. The van der Waals surface area contributed by atoms with Crippen molar-refractivity contribution in [1.29, 1.82) is 0 Å². The lowest BCUT2D eigenvalue weighted by atomic mass is 10.0. The Labute approximate surface area is 148 Å². The van der Waals surface area contributed by atoms with E-state index in [0.29, 0.717) is 12.5 Å². The standard InChI is InChI=1S/C22H24N2O/c1-16(2)18-10-7-17(8-11-18)9-12-22(25)23-14-13-19-15-24-21-6-4-3-5-20(19)21/h3-12,15-16,24H,13-14H2,1-2H3,(H,23,25)/b12-9+. The summed E-state index contributed by atoms with van der Waals surface area (Å²) >= 11 is 0. The molecule has 3 rings (SSSR count). The van der Waals surface area contributed by atoms with Crippen molar-refractivity contribution in [3.05, 3.63) is 77.5 Å². The summed E-state index contributed by atoms with van der Waals surface area (Å²) in [5.74, 6) is 0.457. The molecule has 0 spiro atoms. The van der Waals surface area contributed by atoms with Crippen LogP contribution in [-0.2, 0) is 11.2 Å². The molecule has 0 unspecified atom stereocenters. The van der Waals surface area contributed by atoms with Gasteiger partial charge in [0.1, 0.15) is 0 Å².